The second-order valence-corrected chi connectivity index (χ2v) is 9.54. The van der Waals surface area contributed by atoms with Crippen LogP contribution in [0.3, 0.4) is 0 Å². The Bertz CT molecular complexity index is 1040. The largest absolute Gasteiger partial charge is 0.417 e. The molecule has 0 saturated heterocycles. The van der Waals surface area contributed by atoms with E-state index in [1.807, 2.05) is 6.20 Å². The zero-order valence-corrected chi connectivity index (χ0v) is 20.2. The van der Waals surface area contributed by atoms with Crippen LogP contribution in [0.1, 0.15) is 82.9 Å². The van der Waals surface area contributed by atoms with Gasteiger partial charge >= 0.3 is 6.98 Å². The first kappa shape index (κ1) is 21.7. The van der Waals surface area contributed by atoms with E-state index in [1.54, 1.807) is 0 Å². The molecule has 0 radical (unpaired) electrons. The summed E-state index contributed by atoms with van der Waals surface area (Å²) < 4.78 is 2.43. The molecule has 2 heterocycles. The smallest absolute Gasteiger partial charge is 0.388 e. The molecule has 0 atom stereocenters. The van der Waals surface area contributed by atoms with Crippen LogP contribution < -0.4 is 10.3 Å². The average Bonchev–Trinajstić information content (AvgIpc) is 3.23. The predicted octanol–water partition coefficient (Wildman–Crippen LogP) is 6.36. The van der Waals surface area contributed by atoms with E-state index >= 15 is 0 Å². The first-order valence-electron chi connectivity index (χ1n) is 11.9. The molecule has 0 N–H and O–H groups in total. The van der Waals surface area contributed by atoms with E-state index < -0.39 is 0 Å². The summed E-state index contributed by atoms with van der Waals surface area (Å²) in [6.45, 7) is 16.3. The molecule has 0 fully saturated rings. The topological polar surface area (TPSA) is 21.1 Å². The third-order valence-corrected chi connectivity index (χ3v) is 6.96. The van der Waals surface area contributed by atoms with E-state index in [4.69, 9.17) is 4.98 Å². The molecule has 0 aliphatic carbocycles. The van der Waals surface area contributed by atoms with Crippen molar-refractivity contribution in [2.75, 3.05) is 4.81 Å². The van der Waals surface area contributed by atoms with Gasteiger partial charge in [-0.3, -0.25) is 0 Å². The number of aromatic nitrogens is 2. The number of benzene rings is 2. The van der Waals surface area contributed by atoms with E-state index in [1.165, 1.54) is 33.4 Å². The van der Waals surface area contributed by atoms with Gasteiger partial charge in [0.05, 0.1) is 0 Å². The quantitative estimate of drug-likeness (QED) is 0.439. The van der Waals surface area contributed by atoms with Crippen molar-refractivity contribution in [1.29, 1.82) is 0 Å². The van der Waals surface area contributed by atoms with Crippen LogP contribution in [0.15, 0.2) is 48.8 Å². The van der Waals surface area contributed by atoms with Crippen LogP contribution in [-0.4, -0.2) is 22.5 Å². The molecule has 4 heteroatoms. The molecule has 1 aromatic heterocycles. The lowest BCUT2D eigenvalue weighted by Gasteiger charge is -2.44. The van der Waals surface area contributed by atoms with Crippen molar-refractivity contribution in [2.45, 2.75) is 79.2 Å². The highest BCUT2D eigenvalue weighted by atomic mass is 15.2. The maximum absolute atomic E-state index is 4.87. The summed E-state index contributed by atoms with van der Waals surface area (Å²) in [6, 6.07) is 14.1. The lowest BCUT2D eigenvalue weighted by atomic mass is 9.57. The molecule has 162 valence electrons. The summed E-state index contributed by atoms with van der Waals surface area (Å²) in [6.07, 6.45) is 6.39. The van der Waals surface area contributed by atoms with Gasteiger partial charge in [0.2, 0.25) is 0 Å². The number of nitrogens with zero attached hydrogens (tertiary/aromatic N) is 3. The van der Waals surface area contributed by atoms with E-state index in [2.05, 4.69) is 100 Å². The highest BCUT2D eigenvalue weighted by Gasteiger charge is 2.42. The Morgan fingerprint density at radius 1 is 0.903 bits per heavy atom. The highest BCUT2D eigenvalue weighted by Crippen LogP contribution is 2.40. The number of rotatable bonds is 6. The Morgan fingerprint density at radius 3 is 2.10 bits per heavy atom. The van der Waals surface area contributed by atoms with Gasteiger partial charge in [0.1, 0.15) is 5.82 Å². The maximum Gasteiger partial charge on any atom is 0.417 e. The summed E-state index contributed by atoms with van der Waals surface area (Å²) in [5.41, 5.74) is 8.26. The molecule has 0 bridgehead atoms. The zero-order chi connectivity index (χ0) is 22.3. The summed E-state index contributed by atoms with van der Waals surface area (Å²) in [4.78, 5) is 7.56. The van der Waals surface area contributed by atoms with E-state index in [0.29, 0.717) is 17.9 Å². The first-order valence-corrected chi connectivity index (χ1v) is 11.9. The summed E-state index contributed by atoms with van der Waals surface area (Å²) in [5, 5.41) is 0. The predicted molar refractivity (Wildman–Crippen MR) is 135 cm³/mol. The van der Waals surface area contributed by atoms with Crippen LogP contribution in [-0.2, 0) is 0 Å². The van der Waals surface area contributed by atoms with Gasteiger partial charge in [-0.05, 0) is 59.8 Å². The monoisotopic (exact) mass is 413 g/mol. The molecule has 0 unspecified atom stereocenters. The molecule has 3 aromatic rings. The number of fused-ring (bicyclic) bond motifs is 3. The zero-order valence-electron chi connectivity index (χ0n) is 20.2. The maximum atomic E-state index is 4.87. The van der Waals surface area contributed by atoms with Gasteiger partial charge in [0, 0.05) is 29.7 Å². The minimum absolute atomic E-state index is 0.118. The van der Waals surface area contributed by atoms with Gasteiger partial charge in [-0.25, -0.2) is 4.98 Å². The lowest BCUT2D eigenvalue weighted by Crippen LogP contribution is -2.61. The van der Waals surface area contributed by atoms with Gasteiger partial charge in [0.25, 0.3) is 0 Å². The van der Waals surface area contributed by atoms with Gasteiger partial charge < -0.3 is 9.29 Å². The Hall–Kier alpha value is -2.49. The SMILES string of the molecule is CCC(CC)N1B(c2c(C(C)C)cccc2C(C)C)n2ccnc2-c2c(C)cccc21. The molecule has 4 rings (SSSR count). The van der Waals surface area contributed by atoms with Crippen molar-refractivity contribution in [1.82, 2.24) is 9.46 Å². The van der Waals surface area contributed by atoms with Crippen molar-refractivity contribution < 1.29 is 0 Å². The highest BCUT2D eigenvalue weighted by molar-refractivity contribution is 6.77. The third kappa shape index (κ3) is 3.50. The van der Waals surface area contributed by atoms with E-state index in [9.17, 15) is 0 Å². The first-order chi connectivity index (χ1) is 14.9. The van der Waals surface area contributed by atoms with Crippen molar-refractivity contribution in [3.8, 4) is 11.4 Å². The van der Waals surface area contributed by atoms with Crippen molar-refractivity contribution >= 4 is 18.1 Å². The fourth-order valence-corrected chi connectivity index (χ4v) is 5.39. The molecule has 31 heavy (non-hydrogen) atoms. The lowest BCUT2D eigenvalue weighted by molar-refractivity contribution is 0.620. The number of aryl methyl sites for hydroxylation is 1. The summed E-state index contributed by atoms with van der Waals surface area (Å²) in [5.74, 6) is 2.01. The molecule has 1 aliphatic heterocycles. The van der Waals surface area contributed by atoms with Crippen LogP contribution in [0.5, 0.6) is 0 Å². The normalized spacial score (nSPS) is 13.4. The van der Waals surface area contributed by atoms with Gasteiger partial charge in [-0.1, -0.05) is 71.9 Å². The third-order valence-electron chi connectivity index (χ3n) is 6.96. The van der Waals surface area contributed by atoms with Crippen molar-refractivity contribution in [3.63, 3.8) is 0 Å². The fourth-order valence-electron chi connectivity index (χ4n) is 5.39. The Labute approximate surface area is 188 Å². The minimum Gasteiger partial charge on any atom is -0.388 e. The molecule has 0 amide bonds. The number of anilines is 1. The molecule has 1 aliphatic rings. The van der Waals surface area contributed by atoms with E-state index in [0.717, 1.165) is 18.7 Å². The Balaban J connectivity index is 2.09. The summed E-state index contributed by atoms with van der Waals surface area (Å²) in [7, 11) is 0. The molecule has 0 spiro atoms. The second kappa shape index (κ2) is 8.57. The van der Waals surface area contributed by atoms with Gasteiger partial charge in [-0.2, -0.15) is 0 Å². The summed E-state index contributed by atoms with van der Waals surface area (Å²) >= 11 is 0. The Kier molecular flexibility index (Phi) is 6.01. The van der Waals surface area contributed by atoms with Crippen LogP contribution in [0.4, 0.5) is 5.69 Å². The number of hydrogen-bond donors (Lipinski definition) is 0. The standard InChI is InChI=1S/C27H36BN3/c1-8-21(9-2)31-24-15-10-12-20(7)25(24)27-29-16-17-30(27)28(31)26-22(18(3)4)13-11-14-23(26)19(5)6/h10-19,21H,8-9H2,1-7H3. The van der Waals surface area contributed by atoms with Crippen LogP contribution in [0.2, 0.25) is 0 Å². The van der Waals surface area contributed by atoms with Crippen molar-refractivity contribution in [3.05, 3.63) is 65.5 Å². The van der Waals surface area contributed by atoms with Crippen molar-refractivity contribution in [2.24, 2.45) is 0 Å². The van der Waals surface area contributed by atoms with Gasteiger partial charge in [0.15, 0.2) is 0 Å². The second-order valence-electron chi connectivity index (χ2n) is 9.54. The fraction of sp³-hybridized carbons (Fsp3) is 0.444. The van der Waals surface area contributed by atoms with Crippen LogP contribution >= 0.6 is 0 Å². The average molecular weight is 413 g/mol. The number of imidazole rings is 1. The van der Waals surface area contributed by atoms with E-state index in [-0.39, 0.29) is 6.98 Å². The molecular formula is C27H36BN3. The minimum atomic E-state index is 0.118. The molecule has 2 aromatic carbocycles. The molecule has 0 saturated carbocycles. The van der Waals surface area contributed by atoms with Crippen LogP contribution in [0.25, 0.3) is 11.4 Å². The molecular weight excluding hydrogens is 377 g/mol. The van der Waals surface area contributed by atoms with Gasteiger partial charge in [-0.15, -0.1) is 0 Å². The van der Waals surface area contributed by atoms with Crippen LogP contribution in [0, 0.1) is 6.92 Å². The number of hydrogen-bond acceptors (Lipinski definition) is 2. The molecule has 3 nitrogen and oxygen atoms in total. The Morgan fingerprint density at radius 2 is 1.52 bits per heavy atom.